The first-order valence-corrected chi connectivity index (χ1v) is 14.2. The highest BCUT2D eigenvalue weighted by atomic mass is 16.6. The largest absolute Gasteiger partial charge is 0.455 e. The van der Waals surface area contributed by atoms with Crippen molar-refractivity contribution in [3.63, 3.8) is 0 Å². The first kappa shape index (κ1) is 30.6. The van der Waals surface area contributed by atoms with Gasteiger partial charge in [0.2, 0.25) is 0 Å². The molecule has 1 heterocycles. The van der Waals surface area contributed by atoms with Crippen LogP contribution in [0.4, 0.5) is 0 Å². The zero-order chi connectivity index (χ0) is 31.0. The Morgan fingerprint density at radius 1 is 0.976 bits per heavy atom. The van der Waals surface area contributed by atoms with Crippen LogP contribution in [0.5, 0.6) is 0 Å². The lowest BCUT2D eigenvalue weighted by atomic mass is 9.44. The molecule has 4 aliphatic rings. The molecule has 1 unspecified atom stereocenters. The molecule has 11 heteroatoms. The molecule has 3 fully saturated rings. The Balaban J connectivity index is 1.83. The molecule has 2 bridgehead atoms. The molecular weight excluding hydrogens is 548 g/mol. The van der Waals surface area contributed by atoms with Crippen molar-refractivity contribution in [2.45, 2.75) is 102 Å². The van der Waals surface area contributed by atoms with Crippen LogP contribution in [0.3, 0.4) is 0 Å². The molecule has 5 rings (SSSR count). The van der Waals surface area contributed by atoms with Gasteiger partial charge in [0.05, 0.1) is 30.3 Å². The van der Waals surface area contributed by atoms with Gasteiger partial charge in [-0.3, -0.25) is 9.59 Å². The van der Waals surface area contributed by atoms with Gasteiger partial charge in [-0.05, 0) is 30.2 Å². The van der Waals surface area contributed by atoms with Crippen molar-refractivity contribution in [2.75, 3.05) is 6.61 Å². The van der Waals surface area contributed by atoms with Crippen LogP contribution in [0.2, 0.25) is 0 Å². The Morgan fingerprint density at radius 2 is 1.62 bits per heavy atom. The van der Waals surface area contributed by atoms with Gasteiger partial charge in [0.25, 0.3) is 0 Å². The van der Waals surface area contributed by atoms with E-state index in [0.29, 0.717) is 5.57 Å². The van der Waals surface area contributed by atoms with Gasteiger partial charge in [-0.1, -0.05) is 39.0 Å². The van der Waals surface area contributed by atoms with E-state index in [2.05, 4.69) is 0 Å². The van der Waals surface area contributed by atoms with Crippen molar-refractivity contribution in [2.24, 2.45) is 16.7 Å². The molecule has 1 aromatic carbocycles. The molecular formula is C31H40O11. The summed E-state index contributed by atoms with van der Waals surface area (Å²) < 4.78 is 23.7. The molecule has 3 aliphatic carbocycles. The highest BCUT2D eigenvalue weighted by Gasteiger charge is 2.78. The van der Waals surface area contributed by atoms with Gasteiger partial charge in [-0.25, -0.2) is 4.79 Å². The third kappa shape index (κ3) is 4.16. The monoisotopic (exact) mass is 588 g/mol. The van der Waals surface area contributed by atoms with E-state index >= 15 is 0 Å². The van der Waals surface area contributed by atoms with Crippen LogP contribution in [0.1, 0.15) is 64.7 Å². The van der Waals surface area contributed by atoms with Crippen molar-refractivity contribution in [1.82, 2.24) is 0 Å². The standard InChI is InChI=1S/C31H40O11/c1-15-19(34)13-31(38)26(41-27(37)18-10-8-7-9-11-18)24-29(6,20(35)12-21-30(24,14-39-21)42-17(3)33)25(36)23(40-16(2)32)22(15)28(31,4)5/h7-11,19-21,23-26,34-36,38H,12-14H2,1-6H3/t19-,20-,21+,23+,24?,25+,26-,29+,30-,31+/m0/s1. The second-order valence-corrected chi connectivity index (χ2v) is 13.0. The summed E-state index contributed by atoms with van der Waals surface area (Å²) in [4.78, 5) is 38.7. The number of hydrogen-bond donors (Lipinski definition) is 4. The van der Waals surface area contributed by atoms with Gasteiger partial charge in [-0.15, -0.1) is 0 Å². The Bertz CT molecular complexity index is 1310. The van der Waals surface area contributed by atoms with Gasteiger partial charge in [0, 0.05) is 37.5 Å². The maximum atomic E-state index is 13.7. The molecule has 2 saturated carbocycles. The molecule has 11 nitrogen and oxygen atoms in total. The third-order valence-corrected chi connectivity index (χ3v) is 10.4. The molecule has 1 aromatic rings. The van der Waals surface area contributed by atoms with Gasteiger partial charge >= 0.3 is 17.9 Å². The fraction of sp³-hybridized carbons (Fsp3) is 0.645. The van der Waals surface area contributed by atoms with Crippen LogP contribution in [-0.2, 0) is 28.5 Å². The number of esters is 3. The van der Waals surface area contributed by atoms with Gasteiger partial charge in [0.1, 0.15) is 23.9 Å². The number of fused-ring (bicyclic) bond motifs is 5. The Kier molecular flexibility index (Phi) is 7.38. The number of hydrogen-bond acceptors (Lipinski definition) is 11. The first-order chi connectivity index (χ1) is 19.5. The van der Waals surface area contributed by atoms with Crippen LogP contribution in [0.25, 0.3) is 0 Å². The SMILES string of the molecule is CC(=O)O[C@@H]1C2=C(C)[C@@H](O)C[C@@](O)([C@@H](OC(=O)c3ccccc3)C3[C@](C)([C@@H]1O)[C@@H](O)C[C@H]1OC[C@@]31OC(C)=O)C2(C)C. The molecule has 0 spiro atoms. The van der Waals surface area contributed by atoms with Crippen LogP contribution >= 0.6 is 0 Å². The van der Waals surface area contributed by atoms with E-state index in [4.69, 9.17) is 18.9 Å². The van der Waals surface area contributed by atoms with Crippen molar-refractivity contribution in [3.8, 4) is 0 Å². The minimum absolute atomic E-state index is 0.0496. The molecule has 0 amide bonds. The quantitative estimate of drug-likeness (QED) is 0.228. The molecule has 0 aromatic heterocycles. The van der Waals surface area contributed by atoms with Crippen LogP contribution < -0.4 is 0 Å². The summed E-state index contributed by atoms with van der Waals surface area (Å²) in [6.45, 7) is 8.75. The second kappa shape index (κ2) is 10.1. The van der Waals surface area contributed by atoms with Gasteiger partial charge in [-0.2, -0.15) is 0 Å². The molecule has 230 valence electrons. The normalized spacial score (nSPS) is 42.1. The molecule has 1 aliphatic heterocycles. The van der Waals surface area contributed by atoms with E-state index < -0.39 is 82.5 Å². The van der Waals surface area contributed by atoms with Gasteiger partial charge < -0.3 is 39.4 Å². The van der Waals surface area contributed by atoms with E-state index in [9.17, 15) is 34.8 Å². The molecule has 10 atom stereocenters. The van der Waals surface area contributed by atoms with E-state index in [0.717, 1.165) is 0 Å². The lowest BCUT2D eigenvalue weighted by molar-refractivity contribution is -0.365. The van der Waals surface area contributed by atoms with E-state index in [-0.39, 0.29) is 30.6 Å². The predicted octanol–water partition coefficient (Wildman–Crippen LogP) is 1.44. The van der Waals surface area contributed by atoms with Crippen LogP contribution in [0.15, 0.2) is 41.5 Å². The van der Waals surface area contributed by atoms with Crippen molar-refractivity contribution in [1.29, 1.82) is 0 Å². The van der Waals surface area contributed by atoms with Crippen molar-refractivity contribution < 1.29 is 53.8 Å². The molecule has 1 saturated heterocycles. The average Bonchev–Trinajstić information content (AvgIpc) is 2.90. The maximum Gasteiger partial charge on any atom is 0.338 e. The number of carbonyl (C=O) groups is 3. The molecule has 4 N–H and O–H groups in total. The summed E-state index contributed by atoms with van der Waals surface area (Å²) in [7, 11) is 0. The smallest absolute Gasteiger partial charge is 0.338 e. The van der Waals surface area contributed by atoms with Crippen molar-refractivity contribution in [3.05, 3.63) is 47.0 Å². The predicted molar refractivity (Wildman–Crippen MR) is 146 cm³/mol. The Labute approximate surface area is 244 Å². The summed E-state index contributed by atoms with van der Waals surface area (Å²) in [5.74, 6) is -3.46. The van der Waals surface area contributed by atoms with Crippen molar-refractivity contribution >= 4 is 17.9 Å². The number of ether oxygens (including phenoxy) is 4. The maximum absolute atomic E-state index is 13.7. The van der Waals surface area contributed by atoms with Gasteiger partial charge in [0.15, 0.2) is 11.7 Å². The highest BCUT2D eigenvalue weighted by Crippen LogP contribution is 2.65. The minimum Gasteiger partial charge on any atom is -0.455 e. The number of aliphatic hydroxyl groups excluding tert-OH is 3. The highest BCUT2D eigenvalue weighted by molar-refractivity contribution is 5.89. The fourth-order valence-corrected chi connectivity index (χ4v) is 8.15. The zero-order valence-corrected chi connectivity index (χ0v) is 24.7. The number of benzene rings is 1. The third-order valence-electron chi connectivity index (χ3n) is 10.4. The summed E-state index contributed by atoms with van der Waals surface area (Å²) in [5.41, 5.74) is -5.84. The minimum atomic E-state index is -2.07. The summed E-state index contributed by atoms with van der Waals surface area (Å²) in [6, 6.07) is 8.12. The lowest BCUT2D eigenvalue weighted by Gasteiger charge is -2.69. The zero-order valence-electron chi connectivity index (χ0n) is 24.7. The Hall–Kier alpha value is -2.83. The molecule has 42 heavy (non-hydrogen) atoms. The fourth-order valence-electron chi connectivity index (χ4n) is 8.15. The summed E-state index contributed by atoms with van der Waals surface area (Å²) in [6.07, 6.45) is -8.39. The second-order valence-electron chi connectivity index (χ2n) is 13.0. The Morgan fingerprint density at radius 3 is 2.17 bits per heavy atom. The van der Waals surface area contributed by atoms with E-state index in [1.165, 1.54) is 13.8 Å². The van der Waals surface area contributed by atoms with E-state index in [1.807, 2.05) is 0 Å². The lowest BCUT2D eigenvalue weighted by Crippen LogP contribution is -2.82. The molecule has 0 radical (unpaired) electrons. The number of rotatable bonds is 4. The number of aliphatic hydroxyl groups is 4. The van der Waals surface area contributed by atoms with Crippen LogP contribution in [0, 0.1) is 16.7 Å². The van der Waals surface area contributed by atoms with E-state index in [1.54, 1.807) is 58.0 Å². The topological polar surface area (TPSA) is 169 Å². The average molecular weight is 589 g/mol. The summed E-state index contributed by atoms with van der Waals surface area (Å²) >= 11 is 0. The number of carbonyl (C=O) groups excluding carboxylic acids is 3. The first-order valence-electron chi connectivity index (χ1n) is 14.2. The summed E-state index contributed by atoms with van der Waals surface area (Å²) in [5, 5.41) is 48.2. The van der Waals surface area contributed by atoms with Crippen LogP contribution in [-0.4, -0.2) is 92.8 Å².